The maximum Gasteiger partial charge on any atom is 0.0360 e. The van der Waals surface area contributed by atoms with Crippen LogP contribution in [0.4, 0.5) is 0 Å². The quantitative estimate of drug-likeness (QED) is 0.506. The van der Waals surface area contributed by atoms with Gasteiger partial charge < -0.3 is 0 Å². The Labute approximate surface area is 125 Å². The van der Waals surface area contributed by atoms with E-state index in [1.165, 1.54) is 11.3 Å². The van der Waals surface area contributed by atoms with Crippen molar-refractivity contribution in [1.82, 2.24) is 4.90 Å². The number of aliphatic imine (C=N–C) groups is 1. The number of allylic oxidation sites excluding steroid dienone is 2. The number of rotatable bonds is 7. The molecule has 20 heavy (non-hydrogen) atoms. The van der Waals surface area contributed by atoms with E-state index in [2.05, 4.69) is 51.8 Å². The first-order valence-electron chi connectivity index (χ1n) is 7.74. The van der Waals surface area contributed by atoms with Gasteiger partial charge in [0.15, 0.2) is 0 Å². The van der Waals surface area contributed by atoms with E-state index in [0.717, 1.165) is 26.2 Å². The largest absolute Gasteiger partial charge is 0.298 e. The maximum absolute atomic E-state index is 4.77. The van der Waals surface area contributed by atoms with Gasteiger partial charge in [-0.1, -0.05) is 52.2 Å². The third-order valence-electron chi connectivity index (χ3n) is 4.00. The number of hydrogen-bond donors (Lipinski definition) is 0. The van der Waals surface area contributed by atoms with Gasteiger partial charge in [-0.05, 0) is 24.3 Å². The van der Waals surface area contributed by atoms with E-state index in [9.17, 15) is 0 Å². The number of nitrogens with zero attached hydrogens (tertiary/aromatic N) is 2. The first-order valence-corrected chi connectivity index (χ1v) is 7.74. The van der Waals surface area contributed by atoms with Gasteiger partial charge in [0.25, 0.3) is 0 Å². The second kappa shape index (κ2) is 8.21. The Hall–Kier alpha value is -1.15. The summed E-state index contributed by atoms with van der Waals surface area (Å²) in [5, 5.41) is 0. The highest BCUT2D eigenvalue weighted by molar-refractivity contribution is 5.89. The number of hydrogen-bond acceptors (Lipinski definition) is 2. The summed E-state index contributed by atoms with van der Waals surface area (Å²) in [7, 11) is 0. The van der Waals surface area contributed by atoms with Crippen molar-refractivity contribution >= 4 is 5.71 Å². The Morgan fingerprint density at radius 3 is 2.55 bits per heavy atom. The van der Waals surface area contributed by atoms with Gasteiger partial charge in [0, 0.05) is 37.8 Å². The summed E-state index contributed by atoms with van der Waals surface area (Å²) in [6.45, 7) is 20.8. The zero-order chi connectivity index (χ0) is 15.1. The summed E-state index contributed by atoms with van der Waals surface area (Å²) in [5.74, 6) is 1.83. The van der Waals surface area contributed by atoms with Gasteiger partial charge in [-0.15, -0.1) is 0 Å². The molecule has 0 saturated carbocycles. The maximum atomic E-state index is 4.77. The molecule has 1 rings (SSSR count). The normalized spacial score (nSPS) is 25.2. The van der Waals surface area contributed by atoms with E-state index in [1.807, 2.05) is 12.2 Å². The Bertz CT molecular complexity index is 390. The van der Waals surface area contributed by atoms with Crippen molar-refractivity contribution in [3.8, 4) is 0 Å². The van der Waals surface area contributed by atoms with Gasteiger partial charge in [-0.25, -0.2) is 0 Å². The van der Waals surface area contributed by atoms with Crippen LogP contribution in [0.15, 0.2) is 42.0 Å². The van der Waals surface area contributed by atoms with E-state index >= 15 is 0 Å². The summed E-state index contributed by atoms with van der Waals surface area (Å²) in [5.41, 5.74) is 2.64. The van der Waals surface area contributed by atoms with E-state index in [4.69, 9.17) is 4.99 Å². The zero-order valence-corrected chi connectivity index (χ0v) is 13.6. The standard InChI is InChI=1S/C18H30N2/c1-7-10-16(8-2)12-20-11-15(6)17(13-20)18(14(4)5)19-9-3/h7-8,10,14-15,17H,1-2,9,11-13H2,3-6H3. The Morgan fingerprint density at radius 1 is 1.35 bits per heavy atom. The van der Waals surface area contributed by atoms with Crippen LogP contribution in [0.5, 0.6) is 0 Å². The molecule has 2 heteroatoms. The fourth-order valence-electron chi connectivity index (χ4n) is 3.09. The SMILES string of the molecule is C=CC=C(C=C)CN1CC(C)C(C(=NCC)C(C)C)C1. The Morgan fingerprint density at radius 2 is 2.05 bits per heavy atom. The molecule has 0 aliphatic carbocycles. The van der Waals surface area contributed by atoms with Gasteiger partial charge in [0.2, 0.25) is 0 Å². The van der Waals surface area contributed by atoms with E-state index in [-0.39, 0.29) is 0 Å². The molecule has 1 aliphatic heterocycles. The molecule has 2 nitrogen and oxygen atoms in total. The molecule has 2 atom stereocenters. The molecule has 0 aromatic heterocycles. The van der Waals surface area contributed by atoms with Crippen LogP contribution < -0.4 is 0 Å². The molecule has 0 aromatic rings. The fraction of sp³-hybridized carbons (Fsp3) is 0.611. The molecule has 1 fully saturated rings. The number of likely N-dealkylation sites (tertiary alicyclic amines) is 1. The highest BCUT2D eigenvalue weighted by atomic mass is 15.2. The summed E-state index contributed by atoms with van der Waals surface area (Å²) in [4.78, 5) is 7.28. The Balaban J connectivity index is 2.76. The third kappa shape index (κ3) is 4.45. The molecule has 112 valence electrons. The van der Waals surface area contributed by atoms with E-state index in [0.29, 0.717) is 17.8 Å². The highest BCUT2D eigenvalue weighted by Gasteiger charge is 2.33. The molecule has 0 N–H and O–H groups in total. The molecular weight excluding hydrogens is 244 g/mol. The monoisotopic (exact) mass is 274 g/mol. The van der Waals surface area contributed by atoms with Gasteiger partial charge in [0.1, 0.15) is 0 Å². The predicted molar refractivity (Wildman–Crippen MR) is 90.4 cm³/mol. The minimum absolute atomic E-state index is 0.546. The van der Waals surface area contributed by atoms with Crippen molar-refractivity contribution in [2.45, 2.75) is 27.7 Å². The second-order valence-corrected chi connectivity index (χ2v) is 6.01. The van der Waals surface area contributed by atoms with Crippen molar-refractivity contribution in [2.24, 2.45) is 22.7 Å². The summed E-state index contributed by atoms with van der Waals surface area (Å²) >= 11 is 0. The first kappa shape index (κ1) is 16.9. The molecule has 0 aromatic carbocycles. The average Bonchev–Trinajstić information content (AvgIpc) is 2.75. The first-order chi connectivity index (χ1) is 9.53. The smallest absolute Gasteiger partial charge is 0.0360 e. The van der Waals surface area contributed by atoms with Crippen LogP contribution in [0.25, 0.3) is 0 Å². The van der Waals surface area contributed by atoms with Gasteiger partial charge in [-0.3, -0.25) is 9.89 Å². The van der Waals surface area contributed by atoms with Crippen molar-refractivity contribution in [3.63, 3.8) is 0 Å². The molecule has 1 heterocycles. The van der Waals surface area contributed by atoms with Crippen molar-refractivity contribution in [3.05, 3.63) is 37.0 Å². The minimum Gasteiger partial charge on any atom is -0.298 e. The van der Waals surface area contributed by atoms with Crippen LogP contribution in [-0.4, -0.2) is 36.8 Å². The zero-order valence-electron chi connectivity index (χ0n) is 13.6. The average molecular weight is 274 g/mol. The highest BCUT2D eigenvalue weighted by Crippen LogP contribution is 2.27. The molecule has 2 unspecified atom stereocenters. The van der Waals surface area contributed by atoms with Crippen LogP contribution in [-0.2, 0) is 0 Å². The van der Waals surface area contributed by atoms with Gasteiger partial charge in [-0.2, -0.15) is 0 Å². The lowest BCUT2D eigenvalue weighted by Crippen LogP contribution is -2.28. The lowest BCUT2D eigenvalue weighted by molar-refractivity contribution is 0.356. The van der Waals surface area contributed by atoms with E-state index < -0.39 is 0 Å². The predicted octanol–water partition coefficient (Wildman–Crippen LogP) is 3.97. The minimum atomic E-state index is 0.546. The van der Waals surface area contributed by atoms with Crippen LogP contribution >= 0.6 is 0 Å². The van der Waals surface area contributed by atoms with Gasteiger partial charge in [0.05, 0.1) is 0 Å². The topological polar surface area (TPSA) is 15.6 Å². The lowest BCUT2D eigenvalue weighted by Gasteiger charge is -2.21. The molecule has 0 radical (unpaired) electrons. The van der Waals surface area contributed by atoms with Crippen LogP contribution in [0.1, 0.15) is 27.7 Å². The molecule has 1 saturated heterocycles. The third-order valence-corrected chi connectivity index (χ3v) is 4.00. The van der Waals surface area contributed by atoms with Crippen molar-refractivity contribution in [2.75, 3.05) is 26.2 Å². The summed E-state index contributed by atoms with van der Waals surface area (Å²) in [6.07, 6.45) is 5.82. The molecular formula is C18H30N2. The van der Waals surface area contributed by atoms with Gasteiger partial charge >= 0.3 is 0 Å². The van der Waals surface area contributed by atoms with E-state index in [1.54, 1.807) is 0 Å². The summed E-state index contributed by atoms with van der Waals surface area (Å²) in [6, 6.07) is 0. The second-order valence-electron chi connectivity index (χ2n) is 6.01. The van der Waals surface area contributed by atoms with Crippen molar-refractivity contribution < 1.29 is 0 Å². The Kier molecular flexibility index (Phi) is 6.94. The summed E-state index contributed by atoms with van der Waals surface area (Å²) < 4.78 is 0. The van der Waals surface area contributed by atoms with Crippen molar-refractivity contribution in [1.29, 1.82) is 0 Å². The molecule has 0 spiro atoms. The van der Waals surface area contributed by atoms with Crippen LogP contribution in [0.2, 0.25) is 0 Å². The molecule has 1 aliphatic rings. The van der Waals surface area contributed by atoms with Crippen LogP contribution in [0.3, 0.4) is 0 Å². The fourth-order valence-corrected chi connectivity index (χ4v) is 3.09. The molecule has 0 bridgehead atoms. The lowest BCUT2D eigenvalue weighted by atomic mass is 9.87. The molecule has 0 amide bonds. The van der Waals surface area contributed by atoms with Crippen LogP contribution in [0, 0.1) is 17.8 Å².